The largest absolute Gasteiger partial charge is 0.399 e. The van der Waals surface area contributed by atoms with Crippen molar-refractivity contribution >= 4 is 12.2 Å². The van der Waals surface area contributed by atoms with E-state index in [4.69, 9.17) is 50.5 Å². The summed E-state index contributed by atoms with van der Waals surface area (Å²) in [6.45, 7) is 9.68. The SMILES string of the molecule is CC(CC=O)C(=O)N(C)C/C(N)=C/N(N)CCOCCOCCOCCOCCOCCOCCOCCN. The second kappa shape index (κ2) is 27.7. The molecule has 6 N–H and O–H groups in total. The van der Waals surface area contributed by atoms with Crippen LogP contribution in [0.2, 0.25) is 0 Å². The van der Waals surface area contributed by atoms with Crippen LogP contribution < -0.4 is 17.3 Å². The second-order valence-electron chi connectivity index (χ2n) is 8.51. The number of hydrogen-bond acceptors (Lipinski definition) is 13. The van der Waals surface area contributed by atoms with Crippen molar-refractivity contribution in [2.75, 3.05) is 119 Å². The Balaban J connectivity index is 3.45. The van der Waals surface area contributed by atoms with Gasteiger partial charge in [0.05, 0.1) is 106 Å². The van der Waals surface area contributed by atoms with Gasteiger partial charge in [0.2, 0.25) is 5.91 Å². The van der Waals surface area contributed by atoms with Crippen LogP contribution in [0.25, 0.3) is 0 Å². The van der Waals surface area contributed by atoms with E-state index in [-0.39, 0.29) is 24.8 Å². The molecule has 0 saturated heterocycles. The van der Waals surface area contributed by atoms with Crippen LogP contribution in [0.1, 0.15) is 13.3 Å². The lowest BCUT2D eigenvalue weighted by molar-refractivity contribution is -0.134. The van der Waals surface area contributed by atoms with Gasteiger partial charge in [-0.25, -0.2) is 5.84 Å². The number of amides is 1. The molecule has 0 heterocycles. The maximum Gasteiger partial charge on any atom is 0.225 e. The summed E-state index contributed by atoms with van der Waals surface area (Å²) in [6, 6.07) is 0. The fourth-order valence-corrected chi connectivity index (χ4v) is 2.97. The fourth-order valence-electron chi connectivity index (χ4n) is 2.97. The van der Waals surface area contributed by atoms with E-state index >= 15 is 0 Å². The van der Waals surface area contributed by atoms with Crippen LogP contribution in [0, 0.1) is 5.92 Å². The number of nitrogens with zero attached hydrogens (tertiary/aromatic N) is 2. The van der Waals surface area contributed by atoms with Crippen molar-refractivity contribution < 1.29 is 42.7 Å². The van der Waals surface area contributed by atoms with Crippen molar-refractivity contribution in [3.05, 3.63) is 11.9 Å². The van der Waals surface area contributed by atoms with Gasteiger partial charge in [-0.15, -0.1) is 0 Å². The fraction of sp³-hybridized carbons (Fsp3) is 0.840. The number of hydrogen-bond donors (Lipinski definition) is 3. The Kier molecular flexibility index (Phi) is 26.3. The van der Waals surface area contributed by atoms with E-state index in [9.17, 15) is 9.59 Å². The first kappa shape index (κ1) is 37.1. The molecule has 0 aromatic heterocycles. The molecule has 39 heavy (non-hydrogen) atoms. The molecule has 0 rings (SSSR count). The number of carbonyl (C=O) groups is 2. The van der Waals surface area contributed by atoms with Gasteiger partial charge in [-0.3, -0.25) is 4.79 Å². The molecule has 0 radical (unpaired) electrons. The molecule has 1 amide bonds. The van der Waals surface area contributed by atoms with E-state index in [1.54, 1.807) is 20.2 Å². The van der Waals surface area contributed by atoms with Crippen LogP contribution in [0.5, 0.6) is 0 Å². The molecule has 230 valence electrons. The van der Waals surface area contributed by atoms with Crippen LogP contribution >= 0.6 is 0 Å². The highest BCUT2D eigenvalue weighted by Gasteiger charge is 2.17. The topological polar surface area (TPSA) is 183 Å². The van der Waals surface area contributed by atoms with Gasteiger partial charge in [0.15, 0.2) is 0 Å². The first-order valence-electron chi connectivity index (χ1n) is 13.3. The van der Waals surface area contributed by atoms with E-state index in [0.29, 0.717) is 111 Å². The van der Waals surface area contributed by atoms with Gasteiger partial charge in [-0.05, 0) is 0 Å². The van der Waals surface area contributed by atoms with Crippen molar-refractivity contribution in [2.24, 2.45) is 23.2 Å². The Morgan fingerprint density at radius 1 is 0.744 bits per heavy atom. The molecule has 1 unspecified atom stereocenters. The number of carbonyl (C=O) groups excluding carboxylic acids is 2. The summed E-state index contributed by atoms with van der Waals surface area (Å²) in [5, 5.41) is 1.41. The maximum atomic E-state index is 12.1. The van der Waals surface area contributed by atoms with Crippen LogP contribution in [-0.4, -0.2) is 141 Å². The van der Waals surface area contributed by atoms with Crippen molar-refractivity contribution in [1.82, 2.24) is 9.91 Å². The van der Waals surface area contributed by atoms with Crippen LogP contribution in [-0.2, 0) is 42.7 Å². The Bertz CT molecular complexity index is 616. The third kappa shape index (κ3) is 24.9. The molecule has 0 aliphatic rings. The highest BCUT2D eigenvalue weighted by atomic mass is 16.6. The highest BCUT2D eigenvalue weighted by molar-refractivity contribution is 5.80. The Hall–Kier alpha value is -1.88. The van der Waals surface area contributed by atoms with Gasteiger partial charge >= 0.3 is 0 Å². The van der Waals surface area contributed by atoms with Crippen molar-refractivity contribution in [2.45, 2.75) is 13.3 Å². The standard InChI is InChI=1S/C25H51N5O9/c1-23(3-6-31)25(32)29(2)21-24(27)22-30(28)5-8-34-10-12-36-14-16-38-18-20-39-19-17-37-15-13-35-11-9-33-7-4-26/h6,22-23H,3-5,7-21,26-28H2,1-2H3/b24-22-. The van der Waals surface area contributed by atoms with Gasteiger partial charge in [0.25, 0.3) is 0 Å². The average Bonchev–Trinajstić information content (AvgIpc) is 2.91. The minimum atomic E-state index is -0.378. The molecule has 1 atom stereocenters. The second-order valence-corrected chi connectivity index (χ2v) is 8.51. The number of nitrogens with two attached hydrogens (primary N) is 3. The zero-order chi connectivity index (χ0) is 29.0. The predicted molar refractivity (Wildman–Crippen MR) is 145 cm³/mol. The lowest BCUT2D eigenvalue weighted by atomic mass is 10.1. The monoisotopic (exact) mass is 565 g/mol. The molecule has 0 saturated carbocycles. The highest BCUT2D eigenvalue weighted by Crippen LogP contribution is 2.05. The summed E-state index contributed by atoms with van der Waals surface area (Å²) < 4.78 is 37.8. The third-order valence-electron chi connectivity index (χ3n) is 4.99. The van der Waals surface area contributed by atoms with E-state index in [1.165, 1.54) is 9.91 Å². The van der Waals surface area contributed by atoms with E-state index in [2.05, 4.69) is 0 Å². The molecule has 14 nitrogen and oxygen atoms in total. The van der Waals surface area contributed by atoms with Crippen LogP contribution in [0.4, 0.5) is 0 Å². The first-order valence-corrected chi connectivity index (χ1v) is 13.3. The van der Waals surface area contributed by atoms with Crippen LogP contribution in [0.15, 0.2) is 11.9 Å². The van der Waals surface area contributed by atoms with Gasteiger partial charge in [0, 0.05) is 37.8 Å². The number of hydrazine groups is 1. The Labute approximate surface area is 232 Å². The molecule has 0 aliphatic heterocycles. The number of likely N-dealkylation sites (N-methyl/N-ethyl adjacent to an activating group) is 1. The number of ether oxygens (including phenoxy) is 7. The van der Waals surface area contributed by atoms with Crippen molar-refractivity contribution in [3.8, 4) is 0 Å². The lowest BCUT2D eigenvalue weighted by Gasteiger charge is -2.22. The Morgan fingerprint density at radius 3 is 1.51 bits per heavy atom. The first-order chi connectivity index (χ1) is 18.9. The van der Waals surface area contributed by atoms with E-state index in [1.807, 2.05) is 0 Å². The van der Waals surface area contributed by atoms with Gasteiger partial charge in [-0.2, -0.15) is 0 Å². The van der Waals surface area contributed by atoms with Gasteiger partial charge < -0.3 is 59.3 Å². The summed E-state index contributed by atoms with van der Waals surface area (Å²) in [5.74, 6) is 5.37. The molecule has 0 aromatic rings. The smallest absolute Gasteiger partial charge is 0.225 e. The summed E-state index contributed by atoms with van der Waals surface area (Å²) in [5.41, 5.74) is 11.7. The van der Waals surface area contributed by atoms with Crippen molar-refractivity contribution in [1.29, 1.82) is 0 Å². The zero-order valence-electron chi connectivity index (χ0n) is 23.8. The summed E-state index contributed by atoms with van der Waals surface area (Å²) >= 11 is 0. The normalized spacial score (nSPS) is 12.5. The molecule has 0 aromatic carbocycles. The van der Waals surface area contributed by atoms with Crippen molar-refractivity contribution in [3.63, 3.8) is 0 Å². The summed E-state index contributed by atoms with van der Waals surface area (Å²) in [4.78, 5) is 24.1. The number of rotatable bonds is 29. The number of aldehydes is 1. The molecule has 0 aliphatic carbocycles. The molecule has 0 bridgehead atoms. The van der Waals surface area contributed by atoms with E-state index in [0.717, 1.165) is 6.29 Å². The predicted octanol–water partition coefficient (Wildman–Crippen LogP) is -1.28. The molecule has 0 fully saturated rings. The minimum absolute atomic E-state index is 0.148. The molecule has 0 spiro atoms. The molecular weight excluding hydrogens is 514 g/mol. The lowest BCUT2D eigenvalue weighted by Crippen LogP contribution is -2.36. The minimum Gasteiger partial charge on any atom is -0.399 e. The average molecular weight is 566 g/mol. The Morgan fingerprint density at radius 2 is 1.13 bits per heavy atom. The van der Waals surface area contributed by atoms with Gasteiger partial charge in [-0.1, -0.05) is 6.92 Å². The van der Waals surface area contributed by atoms with Gasteiger partial charge in [0.1, 0.15) is 6.29 Å². The summed E-state index contributed by atoms with van der Waals surface area (Å²) in [6.07, 6.45) is 2.47. The maximum absolute atomic E-state index is 12.1. The molecule has 14 heteroatoms. The van der Waals surface area contributed by atoms with Crippen LogP contribution in [0.3, 0.4) is 0 Å². The quantitative estimate of drug-likeness (QED) is 0.0422. The third-order valence-corrected chi connectivity index (χ3v) is 4.99. The zero-order valence-corrected chi connectivity index (χ0v) is 23.8. The molecular formula is C25H51N5O9. The summed E-state index contributed by atoms with van der Waals surface area (Å²) in [7, 11) is 1.63. The van der Waals surface area contributed by atoms with E-state index < -0.39 is 0 Å².